The van der Waals surface area contributed by atoms with Crippen molar-refractivity contribution >= 4 is 29.3 Å². The molecule has 124 valence electrons. The van der Waals surface area contributed by atoms with Crippen molar-refractivity contribution in [2.75, 3.05) is 17.8 Å². The molecule has 0 aliphatic carbocycles. The van der Waals surface area contributed by atoms with Crippen LogP contribution in [0.4, 0.5) is 10.1 Å². The second-order valence-electron chi connectivity index (χ2n) is 5.42. The monoisotopic (exact) mass is 345 g/mol. The van der Waals surface area contributed by atoms with E-state index in [1.807, 2.05) is 6.07 Å². The van der Waals surface area contributed by atoms with E-state index in [0.29, 0.717) is 22.6 Å². The second-order valence-corrected chi connectivity index (χ2v) is 6.49. The van der Waals surface area contributed by atoms with E-state index in [4.69, 9.17) is 4.74 Å². The predicted molar refractivity (Wildman–Crippen MR) is 91.6 cm³/mol. The van der Waals surface area contributed by atoms with Gasteiger partial charge in [-0.25, -0.2) is 9.18 Å². The molecule has 2 aromatic rings. The molecule has 0 bridgehead atoms. The number of amides is 1. The third-order valence-corrected chi connectivity index (χ3v) is 5.21. The van der Waals surface area contributed by atoms with Gasteiger partial charge in [-0.15, -0.1) is 11.8 Å². The van der Waals surface area contributed by atoms with E-state index < -0.39 is 5.97 Å². The number of methoxy groups -OCH3 is 1. The SMILES string of the molecule is COC(=O)c1cccc(N2C(=O)CSC2c2ccc(F)cc2)c1C. The number of anilines is 1. The largest absolute Gasteiger partial charge is 0.465 e. The fourth-order valence-corrected chi connectivity index (χ4v) is 3.94. The van der Waals surface area contributed by atoms with Crippen LogP contribution in [0.2, 0.25) is 0 Å². The number of thioether (sulfide) groups is 1. The maximum absolute atomic E-state index is 13.2. The number of benzene rings is 2. The summed E-state index contributed by atoms with van der Waals surface area (Å²) in [5, 5.41) is -0.246. The first-order valence-corrected chi connectivity index (χ1v) is 8.45. The van der Waals surface area contributed by atoms with Crippen LogP contribution in [0.5, 0.6) is 0 Å². The third kappa shape index (κ3) is 2.89. The molecule has 1 saturated heterocycles. The summed E-state index contributed by atoms with van der Waals surface area (Å²) in [4.78, 5) is 26.0. The zero-order chi connectivity index (χ0) is 17.3. The van der Waals surface area contributed by atoms with Crippen molar-refractivity contribution in [2.45, 2.75) is 12.3 Å². The lowest BCUT2D eigenvalue weighted by molar-refractivity contribution is -0.115. The van der Waals surface area contributed by atoms with Crippen molar-refractivity contribution < 1.29 is 18.7 Å². The first-order valence-electron chi connectivity index (χ1n) is 7.40. The number of hydrogen-bond donors (Lipinski definition) is 0. The van der Waals surface area contributed by atoms with Gasteiger partial charge in [-0.05, 0) is 42.3 Å². The zero-order valence-electron chi connectivity index (χ0n) is 13.3. The van der Waals surface area contributed by atoms with Crippen LogP contribution in [-0.4, -0.2) is 24.7 Å². The molecule has 0 radical (unpaired) electrons. The standard InChI is InChI=1S/C18H16FNO3S/c1-11-14(18(22)23-2)4-3-5-15(11)20-16(21)10-24-17(20)12-6-8-13(19)9-7-12/h3-9,17H,10H2,1-2H3. The number of rotatable bonds is 3. The summed E-state index contributed by atoms with van der Waals surface area (Å²) in [6, 6.07) is 11.3. The molecule has 4 nitrogen and oxygen atoms in total. The van der Waals surface area contributed by atoms with E-state index in [2.05, 4.69) is 0 Å². The Morgan fingerprint density at radius 2 is 1.96 bits per heavy atom. The molecule has 1 aliphatic rings. The molecular formula is C18H16FNO3S. The highest BCUT2D eigenvalue weighted by atomic mass is 32.2. The van der Waals surface area contributed by atoms with Crippen LogP contribution in [0, 0.1) is 12.7 Å². The van der Waals surface area contributed by atoms with E-state index in [1.54, 1.807) is 36.1 Å². The third-order valence-electron chi connectivity index (χ3n) is 3.99. The molecule has 3 rings (SSSR count). The molecule has 6 heteroatoms. The summed E-state index contributed by atoms with van der Waals surface area (Å²) in [7, 11) is 1.33. The Hall–Kier alpha value is -2.34. The topological polar surface area (TPSA) is 46.6 Å². The van der Waals surface area contributed by atoms with Crippen LogP contribution < -0.4 is 4.90 Å². The van der Waals surface area contributed by atoms with Crippen LogP contribution in [0.15, 0.2) is 42.5 Å². The zero-order valence-corrected chi connectivity index (χ0v) is 14.1. The summed E-state index contributed by atoms with van der Waals surface area (Å²) in [5.41, 5.74) is 2.63. The normalized spacial score (nSPS) is 17.2. The average Bonchev–Trinajstić information content (AvgIpc) is 2.96. The van der Waals surface area contributed by atoms with Crippen LogP contribution >= 0.6 is 11.8 Å². The summed E-state index contributed by atoms with van der Waals surface area (Å²) in [5.74, 6) is -0.459. The molecule has 2 aromatic carbocycles. The van der Waals surface area contributed by atoms with Gasteiger partial charge in [0.05, 0.1) is 18.4 Å². The van der Waals surface area contributed by atoms with Crippen molar-refractivity contribution in [1.82, 2.24) is 0 Å². The van der Waals surface area contributed by atoms with Gasteiger partial charge in [-0.3, -0.25) is 9.69 Å². The summed E-state index contributed by atoms with van der Waals surface area (Å²) in [6.07, 6.45) is 0. The molecule has 1 heterocycles. The fourth-order valence-electron chi connectivity index (χ4n) is 2.77. The number of nitrogens with zero attached hydrogens (tertiary/aromatic N) is 1. The molecule has 1 atom stereocenters. The van der Waals surface area contributed by atoms with Crippen LogP contribution in [-0.2, 0) is 9.53 Å². The minimum atomic E-state index is -0.438. The maximum Gasteiger partial charge on any atom is 0.338 e. The van der Waals surface area contributed by atoms with Gasteiger partial charge in [-0.2, -0.15) is 0 Å². The second kappa shape index (κ2) is 6.65. The minimum Gasteiger partial charge on any atom is -0.465 e. The van der Waals surface area contributed by atoms with E-state index in [0.717, 1.165) is 5.56 Å². The Morgan fingerprint density at radius 3 is 2.62 bits per heavy atom. The van der Waals surface area contributed by atoms with Crippen molar-refractivity contribution in [1.29, 1.82) is 0 Å². The van der Waals surface area contributed by atoms with Gasteiger partial charge < -0.3 is 4.74 Å². The van der Waals surface area contributed by atoms with Crippen LogP contribution in [0.1, 0.15) is 26.9 Å². The Balaban J connectivity index is 2.04. The van der Waals surface area contributed by atoms with Gasteiger partial charge in [0.1, 0.15) is 11.2 Å². The molecule has 24 heavy (non-hydrogen) atoms. The van der Waals surface area contributed by atoms with Gasteiger partial charge in [0.25, 0.3) is 0 Å². The minimum absolute atomic E-state index is 0.0422. The molecule has 1 amide bonds. The molecule has 1 fully saturated rings. The van der Waals surface area contributed by atoms with E-state index in [1.165, 1.54) is 31.0 Å². The van der Waals surface area contributed by atoms with Crippen LogP contribution in [0.3, 0.4) is 0 Å². The van der Waals surface area contributed by atoms with Gasteiger partial charge in [0.2, 0.25) is 5.91 Å². The summed E-state index contributed by atoms with van der Waals surface area (Å²) in [6.45, 7) is 1.79. The summed E-state index contributed by atoms with van der Waals surface area (Å²) >= 11 is 1.48. The number of esters is 1. The van der Waals surface area contributed by atoms with Gasteiger partial charge in [0.15, 0.2) is 0 Å². The number of carbonyl (C=O) groups is 2. The maximum atomic E-state index is 13.2. The highest BCUT2D eigenvalue weighted by Gasteiger charge is 2.35. The molecule has 0 aromatic heterocycles. The Labute approximate surface area is 143 Å². The van der Waals surface area contributed by atoms with E-state index in [-0.39, 0.29) is 17.1 Å². The van der Waals surface area contributed by atoms with Crippen molar-refractivity contribution in [3.63, 3.8) is 0 Å². The number of carbonyl (C=O) groups excluding carboxylic acids is 2. The number of hydrogen-bond acceptors (Lipinski definition) is 4. The molecular weight excluding hydrogens is 329 g/mol. The smallest absolute Gasteiger partial charge is 0.338 e. The lowest BCUT2D eigenvalue weighted by atomic mass is 10.0. The van der Waals surface area contributed by atoms with Gasteiger partial charge >= 0.3 is 5.97 Å². The first kappa shape index (κ1) is 16.5. The Morgan fingerprint density at radius 1 is 1.25 bits per heavy atom. The van der Waals surface area contributed by atoms with Crippen molar-refractivity contribution in [2.24, 2.45) is 0 Å². The molecule has 0 spiro atoms. The predicted octanol–water partition coefficient (Wildman–Crippen LogP) is 3.70. The Kier molecular flexibility index (Phi) is 4.57. The lowest BCUT2D eigenvalue weighted by Gasteiger charge is -2.26. The highest BCUT2D eigenvalue weighted by molar-refractivity contribution is 8.00. The molecule has 0 N–H and O–H groups in total. The fraction of sp³-hybridized carbons (Fsp3) is 0.222. The number of ether oxygens (including phenoxy) is 1. The molecule has 1 unspecified atom stereocenters. The van der Waals surface area contributed by atoms with E-state index >= 15 is 0 Å². The van der Waals surface area contributed by atoms with Gasteiger partial charge in [-0.1, -0.05) is 18.2 Å². The highest BCUT2D eigenvalue weighted by Crippen LogP contribution is 2.43. The quantitative estimate of drug-likeness (QED) is 0.796. The van der Waals surface area contributed by atoms with Crippen LogP contribution in [0.25, 0.3) is 0 Å². The van der Waals surface area contributed by atoms with Crippen molar-refractivity contribution in [3.05, 3.63) is 65.0 Å². The lowest BCUT2D eigenvalue weighted by Crippen LogP contribution is -2.29. The molecule has 1 aliphatic heterocycles. The van der Waals surface area contributed by atoms with Crippen molar-refractivity contribution in [3.8, 4) is 0 Å². The number of halogens is 1. The van der Waals surface area contributed by atoms with E-state index in [9.17, 15) is 14.0 Å². The summed E-state index contributed by atoms with van der Waals surface area (Å²) < 4.78 is 18.0. The first-order chi connectivity index (χ1) is 11.5. The Bertz CT molecular complexity index is 791. The molecule has 0 saturated carbocycles. The average molecular weight is 345 g/mol. The van der Waals surface area contributed by atoms with Gasteiger partial charge in [0, 0.05) is 5.69 Å².